The van der Waals surface area contributed by atoms with Crippen LogP contribution in [0.3, 0.4) is 0 Å². The maximum absolute atomic E-state index is 4.31. The summed E-state index contributed by atoms with van der Waals surface area (Å²) in [6.45, 7) is 4.67. The molecule has 3 rings (SSSR count). The van der Waals surface area contributed by atoms with Crippen LogP contribution in [-0.4, -0.2) is 49.2 Å². The predicted molar refractivity (Wildman–Crippen MR) is 79.8 cm³/mol. The summed E-state index contributed by atoms with van der Waals surface area (Å²) < 4.78 is 0. The van der Waals surface area contributed by atoms with Crippen molar-refractivity contribution in [3.8, 4) is 0 Å². The van der Waals surface area contributed by atoms with Gasteiger partial charge in [0.2, 0.25) is 0 Å². The molecule has 1 aliphatic carbocycles. The molecule has 2 fully saturated rings. The zero-order chi connectivity index (χ0) is 13.1. The van der Waals surface area contributed by atoms with E-state index in [1.54, 1.807) is 0 Å². The largest absolute Gasteiger partial charge is 0.387 e. The van der Waals surface area contributed by atoms with Gasteiger partial charge in [-0.15, -0.1) is 0 Å². The first-order valence-corrected chi connectivity index (χ1v) is 7.48. The van der Waals surface area contributed by atoms with Crippen LogP contribution in [0.5, 0.6) is 0 Å². The molecule has 1 saturated carbocycles. The lowest BCUT2D eigenvalue weighted by Crippen LogP contribution is -2.49. The van der Waals surface area contributed by atoms with Crippen molar-refractivity contribution in [1.82, 2.24) is 9.88 Å². The molecule has 1 aromatic heterocycles. The fourth-order valence-corrected chi connectivity index (χ4v) is 3.35. The Kier molecular flexibility index (Phi) is 3.87. The SMILES string of the molecule is CNc1cncc(N2CCN(C3CCCC3)CC2)c1. The van der Waals surface area contributed by atoms with Crippen LogP contribution in [0.15, 0.2) is 18.5 Å². The van der Waals surface area contributed by atoms with Gasteiger partial charge in [-0.05, 0) is 18.9 Å². The number of rotatable bonds is 3. The smallest absolute Gasteiger partial charge is 0.0574 e. The topological polar surface area (TPSA) is 31.4 Å². The molecule has 0 radical (unpaired) electrons. The van der Waals surface area contributed by atoms with E-state index < -0.39 is 0 Å². The van der Waals surface area contributed by atoms with E-state index in [0.717, 1.165) is 24.8 Å². The van der Waals surface area contributed by atoms with Crippen LogP contribution in [0.25, 0.3) is 0 Å². The Hall–Kier alpha value is -1.29. The minimum atomic E-state index is 0.865. The first-order chi connectivity index (χ1) is 9.36. The van der Waals surface area contributed by atoms with Crippen molar-refractivity contribution in [2.45, 2.75) is 31.7 Å². The molecule has 19 heavy (non-hydrogen) atoms. The summed E-state index contributed by atoms with van der Waals surface area (Å²) in [6, 6.07) is 3.06. The molecule has 1 aromatic rings. The average Bonchev–Trinajstić information content (AvgIpc) is 3.02. The van der Waals surface area contributed by atoms with E-state index in [2.05, 4.69) is 26.2 Å². The van der Waals surface area contributed by atoms with Crippen molar-refractivity contribution in [1.29, 1.82) is 0 Å². The van der Waals surface area contributed by atoms with Gasteiger partial charge in [0.1, 0.15) is 0 Å². The molecule has 1 aliphatic heterocycles. The zero-order valence-electron chi connectivity index (χ0n) is 11.8. The van der Waals surface area contributed by atoms with Crippen molar-refractivity contribution in [3.63, 3.8) is 0 Å². The number of nitrogens with zero attached hydrogens (tertiary/aromatic N) is 3. The highest BCUT2D eigenvalue weighted by Crippen LogP contribution is 2.26. The highest BCUT2D eigenvalue weighted by Gasteiger charge is 2.26. The second-order valence-electron chi connectivity index (χ2n) is 5.64. The molecule has 2 heterocycles. The Morgan fingerprint density at radius 1 is 1.11 bits per heavy atom. The second-order valence-corrected chi connectivity index (χ2v) is 5.64. The van der Waals surface area contributed by atoms with E-state index in [0.29, 0.717) is 0 Å². The first kappa shape index (κ1) is 12.7. The van der Waals surface area contributed by atoms with Crippen molar-refractivity contribution in [2.24, 2.45) is 0 Å². The Bertz CT molecular complexity index is 406. The van der Waals surface area contributed by atoms with Crippen LogP contribution in [0, 0.1) is 0 Å². The van der Waals surface area contributed by atoms with Crippen LogP contribution in [-0.2, 0) is 0 Å². The summed E-state index contributed by atoms with van der Waals surface area (Å²) in [4.78, 5) is 9.46. The van der Waals surface area contributed by atoms with Gasteiger partial charge in [-0.1, -0.05) is 12.8 Å². The predicted octanol–water partition coefficient (Wildman–Crippen LogP) is 2.19. The van der Waals surface area contributed by atoms with E-state index >= 15 is 0 Å². The maximum Gasteiger partial charge on any atom is 0.0574 e. The highest BCUT2D eigenvalue weighted by molar-refractivity contribution is 5.55. The van der Waals surface area contributed by atoms with Gasteiger partial charge in [0.25, 0.3) is 0 Å². The van der Waals surface area contributed by atoms with Crippen molar-refractivity contribution in [2.75, 3.05) is 43.4 Å². The molecule has 104 valence electrons. The summed E-state index contributed by atoms with van der Waals surface area (Å²) in [5, 5.41) is 3.16. The molecule has 1 saturated heterocycles. The number of hydrogen-bond donors (Lipinski definition) is 1. The third-order valence-corrected chi connectivity index (χ3v) is 4.53. The molecular weight excluding hydrogens is 236 g/mol. The zero-order valence-corrected chi connectivity index (χ0v) is 11.8. The Morgan fingerprint density at radius 2 is 1.84 bits per heavy atom. The fourth-order valence-electron chi connectivity index (χ4n) is 3.35. The molecule has 0 unspecified atom stereocenters. The van der Waals surface area contributed by atoms with E-state index in [4.69, 9.17) is 0 Å². The van der Waals surface area contributed by atoms with E-state index in [-0.39, 0.29) is 0 Å². The molecule has 0 aromatic carbocycles. The van der Waals surface area contributed by atoms with E-state index in [1.165, 1.54) is 44.5 Å². The van der Waals surface area contributed by atoms with Crippen LogP contribution in [0.4, 0.5) is 11.4 Å². The van der Waals surface area contributed by atoms with Crippen molar-refractivity contribution >= 4 is 11.4 Å². The lowest BCUT2D eigenvalue weighted by Gasteiger charge is -2.39. The standard InChI is InChI=1S/C15H24N4/c1-16-13-10-15(12-17-11-13)19-8-6-18(7-9-19)14-4-2-3-5-14/h10-12,14,16H,2-9H2,1H3. The molecule has 0 atom stereocenters. The van der Waals surface area contributed by atoms with Gasteiger partial charge in [-0.2, -0.15) is 0 Å². The third kappa shape index (κ3) is 2.84. The Labute approximate surface area is 115 Å². The lowest BCUT2D eigenvalue weighted by atomic mass is 10.1. The quantitative estimate of drug-likeness (QED) is 0.902. The van der Waals surface area contributed by atoms with Gasteiger partial charge in [0.15, 0.2) is 0 Å². The minimum absolute atomic E-state index is 0.865. The van der Waals surface area contributed by atoms with Crippen molar-refractivity contribution in [3.05, 3.63) is 18.5 Å². The second kappa shape index (κ2) is 5.78. The molecule has 0 amide bonds. The average molecular weight is 260 g/mol. The summed E-state index contributed by atoms with van der Waals surface area (Å²) in [5.41, 5.74) is 2.34. The number of nitrogens with one attached hydrogen (secondary N) is 1. The Morgan fingerprint density at radius 3 is 2.53 bits per heavy atom. The lowest BCUT2D eigenvalue weighted by molar-refractivity contribution is 0.187. The molecule has 4 heteroatoms. The minimum Gasteiger partial charge on any atom is -0.387 e. The van der Waals surface area contributed by atoms with Gasteiger partial charge in [-0.25, -0.2) is 0 Å². The Balaban J connectivity index is 1.59. The molecule has 4 nitrogen and oxygen atoms in total. The van der Waals surface area contributed by atoms with Gasteiger partial charge < -0.3 is 10.2 Å². The molecule has 1 N–H and O–H groups in total. The molecular formula is C15H24N4. The van der Waals surface area contributed by atoms with Gasteiger partial charge >= 0.3 is 0 Å². The van der Waals surface area contributed by atoms with Crippen LogP contribution < -0.4 is 10.2 Å². The number of anilines is 2. The molecule has 0 bridgehead atoms. The number of pyridine rings is 1. The van der Waals surface area contributed by atoms with E-state index in [1.807, 2.05) is 19.4 Å². The van der Waals surface area contributed by atoms with Crippen LogP contribution in [0.1, 0.15) is 25.7 Å². The molecule has 0 spiro atoms. The normalized spacial score (nSPS) is 21.8. The fraction of sp³-hybridized carbons (Fsp3) is 0.667. The number of aromatic nitrogens is 1. The number of hydrogen-bond acceptors (Lipinski definition) is 4. The summed E-state index contributed by atoms with van der Waals surface area (Å²) in [5.74, 6) is 0. The van der Waals surface area contributed by atoms with Gasteiger partial charge in [0.05, 0.1) is 23.8 Å². The van der Waals surface area contributed by atoms with Crippen LogP contribution in [0.2, 0.25) is 0 Å². The molecule has 2 aliphatic rings. The third-order valence-electron chi connectivity index (χ3n) is 4.53. The summed E-state index contributed by atoms with van der Waals surface area (Å²) in [6.07, 6.45) is 9.54. The summed E-state index contributed by atoms with van der Waals surface area (Å²) in [7, 11) is 1.94. The summed E-state index contributed by atoms with van der Waals surface area (Å²) >= 11 is 0. The van der Waals surface area contributed by atoms with Crippen LogP contribution >= 0.6 is 0 Å². The number of piperazine rings is 1. The van der Waals surface area contributed by atoms with Gasteiger partial charge in [0, 0.05) is 39.3 Å². The van der Waals surface area contributed by atoms with E-state index in [9.17, 15) is 0 Å². The maximum atomic E-state index is 4.31. The first-order valence-electron chi connectivity index (χ1n) is 7.48. The monoisotopic (exact) mass is 260 g/mol. The highest BCUT2D eigenvalue weighted by atomic mass is 15.3. The van der Waals surface area contributed by atoms with Gasteiger partial charge in [-0.3, -0.25) is 9.88 Å². The van der Waals surface area contributed by atoms with Crippen molar-refractivity contribution < 1.29 is 0 Å².